The smallest absolute Gasteiger partial charge is 0.276 e. The fourth-order valence-corrected chi connectivity index (χ4v) is 2.30. The molecule has 0 saturated heterocycles. The Morgan fingerprint density at radius 1 is 1.50 bits per heavy atom. The van der Waals surface area contributed by atoms with Gasteiger partial charge < -0.3 is 15.8 Å². The summed E-state index contributed by atoms with van der Waals surface area (Å²) in [6, 6.07) is 5.31. The van der Waals surface area contributed by atoms with E-state index in [0.717, 1.165) is 4.47 Å². The minimum atomic E-state index is -0.304. The summed E-state index contributed by atoms with van der Waals surface area (Å²) >= 11 is 3.36. The molecule has 6 nitrogen and oxygen atoms in total. The molecular weight excluding hydrogens is 324 g/mol. The Balaban J connectivity index is 2.27. The quantitative estimate of drug-likeness (QED) is 0.897. The van der Waals surface area contributed by atoms with E-state index < -0.39 is 0 Å². The Labute approximate surface area is 125 Å². The first-order valence-electron chi connectivity index (χ1n) is 6.02. The molecule has 1 aromatic carbocycles. The van der Waals surface area contributed by atoms with Crippen molar-refractivity contribution < 1.29 is 9.53 Å². The van der Waals surface area contributed by atoms with Gasteiger partial charge in [0.15, 0.2) is 0 Å². The highest BCUT2D eigenvalue weighted by Gasteiger charge is 2.16. The highest BCUT2D eigenvalue weighted by Crippen LogP contribution is 2.25. The molecule has 0 atom stereocenters. The number of ether oxygens (including phenoxy) is 1. The number of nitrogens with one attached hydrogen (secondary N) is 1. The van der Waals surface area contributed by atoms with Gasteiger partial charge >= 0.3 is 0 Å². The van der Waals surface area contributed by atoms with Crippen molar-refractivity contribution in [2.45, 2.75) is 13.5 Å². The summed E-state index contributed by atoms with van der Waals surface area (Å²) in [5.74, 6) is 0.341. The van der Waals surface area contributed by atoms with Crippen molar-refractivity contribution in [3.63, 3.8) is 0 Å². The molecule has 0 aliphatic carbocycles. The van der Waals surface area contributed by atoms with Crippen LogP contribution in [0.3, 0.4) is 0 Å². The zero-order chi connectivity index (χ0) is 14.7. The third-order valence-corrected chi connectivity index (χ3v) is 3.21. The second kappa shape index (κ2) is 5.96. The number of rotatable bonds is 4. The van der Waals surface area contributed by atoms with E-state index in [1.54, 1.807) is 30.0 Å². The number of halogens is 1. The number of nitrogens with zero attached hydrogens (tertiary/aromatic N) is 2. The molecule has 1 heterocycles. The number of amides is 1. The maximum atomic E-state index is 12.3. The average Bonchev–Trinajstić information content (AvgIpc) is 2.79. The molecule has 0 fully saturated rings. The lowest BCUT2D eigenvalue weighted by atomic mass is 10.2. The van der Waals surface area contributed by atoms with Gasteiger partial charge in [-0.15, -0.1) is 0 Å². The first-order chi connectivity index (χ1) is 9.55. The first-order valence-corrected chi connectivity index (χ1v) is 6.81. The molecule has 7 heteroatoms. The maximum absolute atomic E-state index is 12.3. The van der Waals surface area contributed by atoms with Crippen LogP contribution in [-0.4, -0.2) is 22.8 Å². The number of carbonyl (C=O) groups is 1. The van der Waals surface area contributed by atoms with E-state index >= 15 is 0 Å². The molecule has 1 amide bonds. The standard InChI is InChI=1S/C13H15BrN4O2/c1-3-18-12(11(15)7-16-18)13(19)17-9-4-8(14)5-10(6-9)20-2/h4-7H,3,15H2,1-2H3,(H,17,19). The molecule has 0 spiro atoms. The molecular formula is C13H15BrN4O2. The second-order valence-corrected chi connectivity index (χ2v) is 5.01. The number of hydrogen-bond acceptors (Lipinski definition) is 4. The SMILES string of the molecule is CCn1ncc(N)c1C(=O)Nc1cc(Br)cc(OC)c1. The molecule has 20 heavy (non-hydrogen) atoms. The lowest BCUT2D eigenvalue weighted by molar-refractivity contribution is 0.101. The number of nitrogen functional groups attached to an aromatic ring is 1. The van der Waals surface area contributed by atoms with Crippen molar-refractivity contribution in [3.05, 3.63) is 34.6 Å². The zero-order valence-corrected chi connectivity index (χ0v) is 12.8. The summed E-state index contributed by atoms with van der Waals surface area (Å²) in [6.07, 6.45) is 1.47. The number of aryl methyl sites for hydroxylation is 1. The number of anilines is 2. The molecule has 0 saturated carbocycles. The van der Waals surface area contributed by atoms with E-state index in [4.69, 9.17) is 10.5 Å². The number of benzene rings is 1. The normalized spacial score (nSPS) is 10.3. The predicted octanol–water partition coefficient (Wildman–Crippen LogP) is 2.51. The van der Waals surface area contributed by atoms with Crippen LogP contribution in [-0.2, 0) is 6.54 Å². The highest BCUT2D eigenvalue weighted by atomic mass is 79.9. The summed E-state index contributed by atoms with van der Waals surface area (Å²) in [7, 11) is 1.57. The molecule has 3 N–H and O–H groups in total. The van der Waals surface area contributed by atoms with Crippen LogP contribution >= 0.6 is 15.9 Å². The molecule has 2 rings (SSSR count). The third kappa shape index (κ3) is 2.93. The maximum Gasteiger partial charge on any atom is 0.276 e. The van der Waals surface area contributed by atoms with Gasteiger partial charge in [-0.1, -0.05) is 15.9 Å². The van der Waals surface area contributed by atoms with Crippen molar-refractivity contribution in [3.8, 4) is 5.75 Å². The monoisotopic (exact) mass is 338 g/mol. The Morgan fingerprint density at radius 3 is 2.90 bits per heavy atom. The van der Waals surface area contributed by atoms with E-state index in [2.05, 4.69) is 26.3 Å². The Hall–Kier alpha value is -2.02. The summed E-state index contributed by atoms with van der Waals surface area (Å²) in [6.45, 7) is 2.47. The van der Waals surface area contributed by atoms with Crippen molar-refractivity contribution >= 4 is 33.2 Å². The molecule has 0 radical (unpaired) electrons. The van der Waals surface area contributed by atoms with Gasteiger partial charge in [0.2, 0.25) is 0 Å². The fourth-order valence-electron chi connectivity index (χ4n) is 1.83. The summed E-state index contributed by atoms with van der Waals surface area (Å²) in [5.41, 5.74) is 7.10. The first kappa shape index (κ1) is 14.4. The lowest BCUT2D eigenvalue weighted by Crippen LogP contribution is -2.18. The van der Waals surface area contributed by atoms with Gasteiger partial charge in [-0.05, 0) is 19.1 Å². The molecule has 0 unspecified atom stereocenters. The number of hydrogen-bond donors (Lipinski definition) is 2. The molecule has 2 aromatic rings. The van der Waals surface area contributed by atoms with Gasteiger partial charge in [0.05, 0.1) is 19.0 Å². The van der Waals surface area contributed by atoms with E-state index in [0.29, 0.717) is 29.4 Å². The lowest BCUT2D eigenvalue weighted by Gasteiger charge is -2.09. The Morgan fingerprint density at radius 2 is 2.25 bits per heavy atom. The van der Waals surface area contributed by atoms with E-state index in [9.17, 15) is 4.79 Å². The van der Waals surface area contributed by atoms with Gasteiger partial charge in [-0.25, -0.2) is 0 Å². The van der Waals surface area contributed by atoms with Crippen molar-refractivity contribution in [1.82, 2.24) is 9.78 Å². The van der Waals surface area contributed by atoms with Gasteiger partial charge in [-0.3, -0.25) is 9.48 Å². The van der Waals surface area contributed by atoms with Crippen molar-refractivity contribution in [2.24, 2.45) is 0 Å². The van der Waals surface area contributed by atoms with Gasteiger partial charge in [0, 0.05) is 22.8 Å². The molecule has 0 bridgehead atoms. The van der Waals surface area contributed by atoms with Crippen LogP contribution in [0.4, 0.5) is 11.4 Å². The number of aromatic nitrogens is 2. The number of methoxy groups -OCH3 is 1. The van der Waals surface area contributed by atoms with Gasteiger partial charge in [0.25, 0.3) is 5.91 Å². The molecule has 106 valence electrons. The minimum absolute atomic E-state index is 0.304. The van der Waals surface area contributed by atoms with E-state index in [1.807, 2.05) is 6.92 Å². The van der Waals surface area contributed by atoms with Crippen LogP contribution in [0.1, 0.15) is 17.4 Å². The number of carbonyl (C=O) groups excluding carboxylic acids is 1. The van der Waals surface area contributed by atoms with Gasteiger partial charge in [0.1, 0.15) is 11.4 Å². The Kier molecular flexibility index (Phi) is 4.29. The Bertz CT molecular complexity index is 639. The molecule has 0 aliphatic rings. The van der Waals surface area contributed by atoms with E-state index in [-0.39, 0.29) is 5.91 Å². The summed E-state index contributed by atoms with van der Waals surface area (Å²) < 4.78 is 7.52. The van der Waals surface area contributed by atoms with Crippen LogP contribution in [0.2, 0.25) is 0 Å². The predicted molar refractivity (Wildman–Crippen MR) is 81.0 cm³/mol. The largest absolute Gasteiger partial charge is 0.497 e. The van der Waals surface area contributed by atoms with Crippen LogP contribution in [0.5, 0.6) is 5.75 Å². The van der Waals surface area contributed by atoms with E-state index in [1.165, 1.54) is 6.20 Å². The summed E-state index contributed by atoms with van der Waals surface area (Å²) in [4.78, 5) is 12.3. The second-order valence-electron chi connectivity index (χ2n) is 4.10. The molecule has 0 aliphatic heterocycles. The van der Waals surface area contributed by atoms with Gasteiger partial charge in [-0.2, -0.15) is 5.10 Å². The third-order valence-electron chi connectivity index (χ3n) is 2.75. The van der Waals surface area contributed by atoms with Crippen LogP contribution in [0.15, 0.2) is 28.9 Å². The van der Waals surface area contributed by atoms with Crippen LogP contribution in [0, 0.1) is 0 Å². The van der Waals surface area contributed by atoms with Crippen molar-refractivity contribution in [2.75, 3.05) is 18.2 Å². The average molecular weight is 339 g/mol. The molecule has 1 aromatic heterocycles. The summed E-state index contributed by atoms with van der Waals surface area (Å²) in [5, 5.41) is 6.83. The van der Waals surface area contributed by atoms with Crippen LogP contribution in [0.25, 0.3) is 0 Å². The highest BCUT2D eigenvalue weighted by molar-refractivity contribution is 9.10. The minimum Gasteiger partial charge on any atom is -0.497 e. The van der Waals surface area contributed by atoms with Crippen molar-refractivity contribution in [1.29, 1.82) is 0 Å². The zero-order valence-electron chi connectivity index (χ0n) is 11.2. The number of nitrogens with two attached hydrogens (primary N) is 1. The van der Waals surface area contributed by atoms with Crippen LogP contribution < -0.4 is 15.8 Å². The topological polar surface area (TPSA) is 82.2 Å². The fraction of sp³-hybridized carbons (Fsp3) is 0.231.